The van der Waals surface area contributed by atoms with E-state index >= 15 is 0 Å². The average Bonchev–Trinajstić information content (AvgIpc) is 2.48. The zero-order chi connectivity index (χ0) is 15.3. The molecular weight excluding hydrogens is 296 g/mol. The van der Waals surface area contributed by atoms with Crippen LogP contribution in [0.15, 0.2) is 23.2 Å². The van der Waals surface area contributed by atoms with Gasteiger partial charge in [-0.25, -0.2) is 18.1 Å². The van der Waals surface area contributed by atoms with Crippen LogP contribution in [0.2, 0.25) is 0 Å². The zero-order valence-corrected chi connectivity index (χ0v) is 12.3. The third-order valence-corrected chi connectivity index (χ3v) is 4.51. The van der Waals surface area contributed by atoms with Crippen molar-refractivity contribution < 1.29 is 17.9 Å². The van der Waals surface area contributed by atoms with Gasteiger partial charge in [-0.05, 0) is 12.1 Å². The van der Waals surface area contributed by atoms with Crippen molar-refractivity contribution in [3.63, 3.8) is 0 Å². The molecule has 1 fully saturated rings. The Hall–Kier alpha value is -1.71. The summed E-state index contributed by atoms with van der Waals surface area (Å²) in [5.74, 6) is 0.160. The summed E-state index contributed by atoms with van der Waals surface area (Å²) in [5, 5.41) is 0. The number of amides is 1. The zero-order valence-electron chi connectivity index (χ0n) is 11.5. The topological polar surface area (TPSA) is 115 Å². The van der Waals surface area contributed by atoms with E-state index in [1.54, 1.807) is 4.90 Å². The molecule has 0 radical (unpaired) electrons. The molecule has 0 bridgehead atoms. The van der Waals surface area contributed by atoms with Gasteiger partial charge in [0.2, 0.25) is 15.9 Å². The molecular formula is C12H18N4O4S. The van der Waals surface area contributed by atoms with Crippen molar-refractivity contribution in [3.05, 3.63) is 18.3 Å². The van der Waals surface area contributed by atoms with Gasteiger partial charge in [-0.15, -0.1) is 0 Å². The first-order valence-corrected chi connectivity index (χ1v) is 8.04. The van der Waals surface area contributed by atoms with E-state index in [0.717, 1.165) is 0 Å². The number of nitrogens with zero attached hydrogens (tertiary/aromatic N) is 2. The number of hydrogen-bond acceptors (Lipinski definition) is 6. The van der Waals surface area contributed by atoms with Gasteiger partial charge in [-0.2, -0.15) is 0 Å². The van der Waals surface area contributed by atoms with Crippen molar-refractivity contribution in [2.45, 2.75) is 11.3 Å². The number of carbonyl (C=O) groups is 1. The second-order valence-electron chi connectivity index (χ2n) is 4.56. The predicted molar refractivity (Wildman–Crippen MR) is 75.9 cm³/mol. The molecule has 0 atom stereocenters. The van der Waals surface area contributed by atoms with Gasteiger partial charge in [-0.3, -0.25) is 4.79 Å². The Balaban J connectivity index is 1.84. The maximum absolute atomic E-state index is 12.0. The molecule has 0 saturated carbocycles. The van der Waals surface area contributed by atoms with Crippen LogP contribution in [0.25, 0.3) is 0 Å². The molecule has 1 aliphatic heterocycles. The highest BCUT2D eigenvalue weighted by atomic mass is 32.2. The molecule has 2 rings (SSSR count). The lowest BCUT2D eigenvalue weighted by molar-refractivity contribution is -0.135. The van der Waals surface area contributed by atoms with Crippen LogP contribution in [-0.4, -0.2) is 57.1 Å². The lowest BCUT2D eigenvalue weighted by Gasteiger charge is -2.26. The standard InChI is InChI=1S/C12H18N4O4S/c13-11-2-1-10(9-14-11)21(18,19)15-4-3-12(17)16-5-7-20-8-6-16/h1-2,9,15H,3-8H2,(H2,13,14). The van der Waals surface area contributed by atoms with Crippen LogP contribution in [-0.2, 0) is 19.6 Å². The molecule has 2 heterocycles. The highest BCUT2D eigenvalue weighted by Crippen LogP contribution is 2.08. The Morgan fingerprint density at radius 1 is 1.38 bits per heavy atom. The van der Waals surface area contributed by atoms with Crippen LogP contribution in [0.5, 0.6) is 0 Å². The minimum absolute atomic E-state index is 0.0236. The number of anilines is 1. The summed E-state index contributed by atoms with van der Waals surface area (Å²) in [5.41, 5.74) is 5.41. The number of pyridine rings is 1. The van der Waals surface area contributed by atoms with Gasteiger partial charge in [-0.1, -0.05) is 0 Å². The van der Waals surface area contributed by atoms with Crippen LogP contribution >= 0.6 is 0 Å². The Labute approximate surface area is 123 Å². The van der Waals surface area contributed by atoms with Crippen LogP contribution in [0.3, 0.4) is 0 Å². The van der Waals surface area contributed by atoms with Crippen LogP contribution in [0, 0.1) is 0 Å². The van der Waals surface area contributed by atoms with E-state index < -0.39 is 10.0 Å². The summed E-state index contributed by atoms with van der Waals surface area (Å²) in [6.45, 7) is 2.19. The van der Waals surface area contributed by atoms with Crippen LogP contribution in [0.1, 0.15) is 6.42 Å². The van der Waals surface area contributed by atoms with E-state index in [1.807, 2.05) is 0 Å². The van der Waals surface area contributed by atoms with Crippen molar-refractivity contribution in [2.75, 3.05) is 38.6 Å². The molecule has 3 N–H and O–H groups in total. The fraction of sp³-hybridized carbons (Fsp3) is 0.500. The molecule has 1 saturated heterocycles. The third kappa shape index (κ3) is 4.38. The molecule has 21 heavy (non-hydrogen) atoms. The van der Waals surface area contributed by atoms with Crippen molar-refractivity contribution in [2.24, 2.45) is 0 Å². The Bertz CT molecular complexity index is 582. The summed E-state index contributed by atoms with van der Waals surface area (Å²) < 4.78 is 31.5. The largest absolute Gasteiger partial charge is 0.384 e. The normalized spacial score (nSPS) is 15.9. The summed E-state index contributed by atoms with van der Waals surface area (Å²) in [7, 11) is -3.67. The summed E-state index contributed by atoms with van der Waals surface area (Å²) in [4.78, 5) is 17.3. The van der Waals surface area contributed by atoms with Crippen molar-refractivity contribution in [1.29, 1.82) is 0 Å². The van der Waals surface area contributed by atoms with E-state index in [-0.39, 0.29) is 29.6 Å². The van der Waals surface area contributed by atoms with Gasteiger partial charge in [0.25, 0.3) is 0 Å². The molecule has 0 unspecified atom stereocenters. The van der Waals surface area contributed by atoms with E-state index in [9.17, 15) is 13.2 Å². The Morgan fingerprint density at radius 3 is 2.71 bits per heavy atom. The maximum atomic E-state index is 12.0. The Morgan fingerprint density at radius 2 is 2.10 bits per heavy atom. The number of ether oxygens (including phenoxy) is 1. The van der Waals surface area contributed by atoms with Gasteiger partial charge < -0.3 is 15.4 Å². The quantitative estimate of drug-likeness (QED) is 0.734. The number of nitrogens with one attached hydrogen (secondary N) is 1. The van der Waals surface area contributed by atoms with Gasteiger partial charge >= 0.3 is 0 Å². The molecule has 1 aromatic heterocycles. The van der Waals surface area contributed by atoms with Gasteiger partial charge in [0.15, 0.2) is 0 Å². The molecule has 9 heteroatoms. The molecule has 0 spiro atoms. The van der Waals surface area contributed by atoms with Crippen molar-refractivity contribution >= 4 is 21.7 Å². The van der Waals surface area contributed by atoms with Gasteiger partial charge in [0.05, 0.1) is 13.2 Å². The number of aromatic nitrogens is 1. The van der Waals surface area contributed by atoms with E-state index in [0.29, 0.717) is 26.3 Å². The average molecular weight is 314 g/mol. The fourth-order valence-corrected chi connectivity index (χ4v) is 2.87. The first kappa shape index (κ1) is 15.7. The Kier molecular flexibility index (Phi) is 5.10. The van der Waals surface area contributed by atoms with Crippen molar-refractivity contribution in [1.82, 2.24) is 14.6 Å². The number of rotatable bonds is 5. The van der Waals surface area contributed by atoms with Crippen LogP contribution in [0.4, 0.5) is 5.82 Å². The summed E-state index contributed by atoms with van der Waals surface area (Å²) >= 11 is 0. The third-order valence-electron chi connectivity index (χ3n) is 3.06. The fourth-order valence-electron chi connectivity index (χ4n) is 1.90. The minimum Gasteiger partial charge on any atom is -0.384 e. The predicted octanol–water partition coefficient (Wildman–Crippen LogP) is -0.809. The monoisotopic (exact) mass is 314 g/mol. The maximum Gasteiger partial charge on any atom is 0.242 e. The van der Waals surface area contributed by atoms with Crippen molar-refractivity contribution in [3.8, 4) is 0 Å². The van der Waals surface area contributed by atoms with E-state index in [2.05, 4.69) is 9.71 Å². The lowest BCUT2D eigenvalue weighted by atomic mass is 10.3. The number of carbonyl (C=O) groups excluding carboxylic acids is 1. The number of nitrogens with two attached hydrogens (primary N) is 1. The smallest absolute Gasteiger partial charge is 0.242 e. The molecule has 0 aliphatic carbocycles. The number of hydrogen-bond donors (Lipinski definition) is 2. The number of nitrogen functional groups attached to an aromatic ring is 1. The minimum atomic E-state index is -3.67. The van der Waals surface area contributed by atoms with Crippen LogP contribution < -0.4 is 10.5 Å². The first-order valence-electron chi connectivity index (χ1n) is 6.56. The van der Waals surface area contributed by atoms with Gasteiger partial charge in [0, 0.05) is 32.3 Å². The SMILES string of the molecule is Nc1ccc(S(=O)(=O)NCCC(=O)N2CCOCC2)cn1. The lowest BCUT2D eigenvalue weighted by Crippen LogP contribution is -2.42. The molecule has 116 valence electrons. The van der Waals surface area contributed by atoms with E-state index in [1.165, 1.54) is 18.3 Å². The molecule has 1 aliphatic rings. The number of morpholine rings is 1. The molecule has 8 nitrogen and oxygen atoms in total. The summed E-state index contributed by atoms with van der Waals surface area (Å²) in [6.07, 6.45) is 1.29. The molecule has 1 amide bonds. The van der Waals surface area contributed by atoms with E-state index in [4.69, 9.17) is 10.5 Å². The number of sulfonamides is 1. The highest BCUT2D eigenvalue weighted by Gasteiger charge is 2.18. The second-order valence-corrected chi connectivity index (χ2v) is 6.33. The van der Waals surface area contributed by atoms with Gasteiger partial charge in [0.1, 0.15) is 10.7 Å². The molecule has 1 aromatic rings. The summed E-state index contributed by atoms with van der Waals surface area (Å²) in [6, 6.07) is 2.78. The second kappa shape index (κ2) is 6.83. The highest BCUT2D eigenvalue weighted by molar-refractivity contribution is 7.89. The first-order chi connectivity index (χ1) is 9.99. The molecule has 0 aromatic carbocycles.